The Hall–Kier alpha value is -2.16. The maximum Gasteiger partial charge on any atom is 0.142 e. The highest BCUT2D eigenvalue weighted by Crippen LogP contribution is 2.31. The van der Waals surface area contributed by atoms with Crippen LogP contribution in [-0.2, 0) is 0 Å². The minimum atomic E-state index is 0.720. The van der Waals surface area contributed by atoms with Crippen molar-refractivity contribution >= 4 is 5.69 Å². The van der Waals surface area contributed by atoms with Gasteiger partial charge in [0, 0.05) is 12.6 Å². The lowest BCUT2D eigenvalue weighted by atomic mass is 10.2. The Morgan fingerprint density at radius 2 is 1.75 bits per heavy atom. The van der Waals surface area contributed by atoms with Gasteiger partial charge < -0.3 is 14.8 Å². The molecule has 20 heavy (non-hydrogen) atoms. The SMILES string of the molecule is CCCOc1ccc(Oc2ccccc2)cc1NCC. The summed E-state index contributed by atoms with van der Waals surface area (Å²) in [6.45, 7) is 5.72. The molecule has 0 radical (unpaired) electrons. The Morgan fingerprint density at radius 1 is 0.950 bits per heavy atom. The molecule has 0 bridgehead atoms. The van der Waals surface area contributed by atoms with Crippen LogP contribution in [0.4, 0.5) is 5.69 Å². The van der Waals surface area contributed by atoms with Crippen molar-refractivity contribution in [1.82, 2.24) is 0 Å². The molecule has 0 heterocycles. The lowest BCUT2D eigenvalue weighted by molar-refractivity contribution is 0.318. The molecule has 1 N–H and O–H groups in total. The lowest BCUT2D eigenvalue weighted by Gasteiger charge is -2.14. The quantitative estimate of drug-likeness (QED) is 0.791. The Kier molecular flexibility index (Phi) is 5.30. The molecule has 2 aromatic carbocycles. The van der Waals surface area contributed by atoms with E-state index in [1.165, 1.54) is 0 Å². The largest absolute Gasteiger partial charge is 0.491 e. The number of rotatable bonds is 7. The van der Waals surface area contributed by atoms with Crippen LogP contribution in [0.3, 0.4) is 0 Å². The van der Waals surface area contributed by atoms with Gasteiger partial charge in [-0.25, -0.2) is 0 Å². The molecule has 0 unspecified atom stereocenters. The van der Waals surface area contributed by atoms with Crippen molar-refractivity contribution in [2.75, 3.05) is 18.5 Å². The van der Waals surface area contributed by atoms with Crippen molar-refractivity contribution in [3.05, 3.63) is 48.5 Å². The number of hydrogen-bond acceptors (Lipinski definition) is 3. The maximum atomic E-state index is 5.83. The van der Waals surface area contributed by atoms with Crippen LogP contribution in [0.15, 0.2) is 48.5 Å². The zero-order valence-electron chi connectivity index (χ0n) is 12.1. The summed E-state index contributed by atoms with van der Waals surface area (Å²) in [6, 6.07) is 15.6. The molecule has 0 amide bonds. The second kappa shape index (κ2) is 7.43. The van der Waals surface area contributed by atoms with Crippen LogP contribution in [0.2, 0.25) is 0 Å². The van der Waals surface area contributed by atoms with Crippen molar-refractivity contribution in [1.29, 1.82) is 0 Å². The van der Waals surface area contributed by atoms with Gasteiger partial charge >= 0.3 is 0 Å². The molecular formula is C17H21NO2. The van der Waals surface area contributed by atoms with Gasteiger partial charge in [-0.05, 0) is 37.6 Å². The van der Waals surface area contributed by atoms with Crippen LogP contribution in [0.5, 0.6) is 17.2 Å². The second-order valence-corrected chi connectivity index (χ2v) is 4.45. The van der Waals surface area contributed by atoms with Crippen LogP contribution in [-0.4, -0.2) is 13.2 Å². The standard InChI is InChI=1S/C17H21NO2/c1-3-12-19-17-11-10-15(13-16(17)18-4-2)20-14-8-6-5-7-9-14/h5-11,13,18H,3-4,12H2,1-2H3. The van der Waals surface area contributed by atoms with E-state index in [1.807, 2.05) is 48.5 Å². The molecule has 2 rings (SSSR count). The van der Waals surface area contributed by atoms with Crippen LogP contribution < -0.4 is 14.8 Å². The monoisotopic (exact) mass is 271 g/mol. The first-order chi connectivity index (χ1) is 9.83. The van der Waals surface area contributed by atoms with Crippen LogP contribution >= 0.6 is 0 Å². The summed E-state index contributed by atoms with van der Waals surface area (Å²) in [7, 11) is 0. The normalized spacial score (nSPS) is 10.1. The number of nitrogens with one attached hydrogen (secondary N) is 1. The first kappa shape index (κ1) is 14.3. The molecule has 0 aromatic heterocycles. The van der Waals surface area contributed by atoms with E-state index < -0.39 is 0 Å². The molecule has 0 saturated heterocycles. The van der Waals surface area contributed by atoms with E-state index in [9.17, 15) is 0 Å². The minimum absolute atomic E-state index is 0.720. The summed E-state index contributed by atoms with van der Waals surface area (Å²) < 4.78 is 11.6. The number of para-hydroxylation sites is 1. The number of anilines is 1. The fourth-order valence-corrected chi connectivity index (χ4v) is 1.86. The zero-order valence-corrected chi connectivity index (χ0v) is 12.1. The van der Waals surface area contributed by atoms with E-state index in [0.717, 1.165) is 42.5 Å². The molecule has 0 spiro atoms. The summed E-state index contributed by atoms with van der Waals surface area (Å²) in [5.41, 5.74) is 0.967. The van der Waals surface area contributed by atoms with E-state index in [0.29, 0.717) is 0 Å². The highest BCUT2D eigenvalue weighted by atomic mass is 16.5. The highest BCUT2D eigenvalue weighted by Gasteiger charge is 2.06. The van der Waals surface area contributed by atoms with Crippen molar-refractivity contribution < 1.29 is 9.47 Å². The van der Waals surface area contributed by atoms with Gasteiger partial charge in [-0.1, -0.05) is 25.1 Å². The van der Waals surface area contributed by atoms with Crippen molar-refractivity contribution in [2.24, 2.45) is 0 Å². The minimum Gasteiger partial charge on any atom is -0.491 e. The second-order valence-electron chi connectivity index (χ2n) is 4.45. The molecule has 0 saturated carbocycles. The predicted molar refractivity (Wildman–Crippen MR) is 82.9 cm³/mol. The van der Waals surface area contributed by atoms with Crippen molar-refractivity contribution in [3.63, 3.8) is 0 Å². The van der Waals surface area contributed by atoms with Gasteiger partial charge in [0.05, 0.1) is 12.3 Å². The highest BCUT2D eigenvalue weighted by molar-refractivity contribution is 5.60. The first-order valence-corrected chi connectivity index (χ1v) is 7.07. The predicted octanol–water partition coefficient (Wildman–Crippen LogP) is 4.70. The molecule has 0 aliphatic heterocycles. The Labute approximate surface area is 120 Å². The summed E-state index contributed by atoms with van der Waals surface area (Å²) in [5.74, 6) is 2.50. The average Bonchev–Trinajstić information content (AvgIpc) is 2.48. The number of benzene rings is 2. The van der Waals surface area contributed by atoms with Gasteiger partial charge in [-0.2, -0.15) is 0 Å². The van der Waals surface area contributed by atoms with Crippen LogP contribution in [0.25, 0.3) is 0 Å². The smallest absolute Gasteiger partial charge is 0.142 e. The van der Waals surface area contributed by atoms with Crippen LogP contribution in [0.1, 0.15) is 20.3 Å². The zero-order chi connectivity index (χ0) is 14.2. The Morgan fingerprint density at radius 3 is 2.45 bits per heavy atom. The van der Waals surface area contributed by atoms with Gasteiger partial charge in [0.1, 0.15) is 17.2 Å². The third-order valence-corrected chi connectivity index (χ3v) is 2.76. The molecule has 2 aromatic rings. The van der Waals surface area contributed by atoms with E-state index in [4.69, 9.17) is 9.47 Å². The molecule has 0 fully saturated rings. The first-order valence-electron chi connectivity index (χ1n) is 7.07. The van der Waals surface area contributed by atoms with Crippen LogP contribution in [0, 0.1) is 0 Å². The topological polar surface area (TPSA) is 30.5 Å². The van der Waals surface area contributed by atoms with E-state index >= 15 is 0 Å². The molecule has 3 heteroatoms. The van der Waals surface area contributed by atoms with E-state index in [2.05, 4.69) is 19.2 Å². The lowest BCUT2D eigenvalue weighted by Crippen LogP contribution is -2.02. The molecule has 0 atom stereocenters. The summed E-state index contributed by atoms with van der Waals surface area (Å²) in [4.78, 5) is 0. The van der Waals surface area contributed by atoms with Gasteiger partial charge in [-0.3, -0.25) is 0 Å². The molecule has 106 valence electrons. The fourth-order valence-electron chi connectivity index (χ4n) is 1.86. The molecule has 3 nitrogen and oxygen atoms in total. The molecule has 0 aliphatic carbocycles. The summed E-state index contributed by atoms with van der Waals surface area (Å²) >= 11 is 0. The van der Waals surface area contributed by atoms with Gasteiger partial charge in [0.15, 0.2) is 0 Å². The van der Waals surface area contributed by atoms with Gasteiger partial charge in [0.25, 0.3) is 0 Å². The number of hydrogen-bond donors (Lipinski definition) is 1. The molecular weight excluding hydrogens is 250 g/mol. The Balaban J connectivity index is 2.16. The van der Waals surface area contributed by atoms with E-state index in [-0.39, 0.29) is 0 Å². The molecule has 0 aliphatic rings. The summed E-state index contributed by atoms with van der Waals surface area (Å²) in [6.07, 6.45) is 0.994. The van der Waals surface area contributed by atoms with Crippen molar-refractivity contribution in [3.8, 4) is 17.2 Å². The number of ether oxygens (including phenoxy) is 2. The van der Waals surface area contributed by atoms with Crippen molar-refractivity contribution in [2.45, 2.75) is 20.3 Å². The van der Waals surface area contributed by atoms with Gasteiger partial charge in [0.2, 0.25) is 0 Å². The maximum absolute atomic E-state index is 5.83. The fraction of sp³-hybridized carbons (Fsp3) is 0.294. The third kappa shape index (κ3) is 3.92. The third-order valence-electron chi connectivity index (χ3n) is 2.76. The Bertz CT molecular complexity index is 526. The summed E-state index contributed by atoms with van der Waals surface area (Å²) in [5, 5.41) is 3.31. The van der Waals surface area contributed by atoms with E-state index in [1.54, 1.807) is 0 Å². The average molecular weight is 271 g/mol. The van der Waals surface area contributed by atoms with Gasteiger partial charge in [-0.15, -0.1) is 0 Å².